The maximum Gasteiger partial charge on any atom is 0.279 e. The molecule has 0 saturated carbocycles. The highest BCUT2D eigenvalue weighted by molar-refractivity contribution is 7.87. The molecule has 1 fully saturated rings. The summed E-state index contributed by atoms with van der Waals surface area (Å²) < 4.78 is 28.0. The Morgan fingerprint density at radius 3 is 2.28 bits per heavy atom. The molecule has 0 amide bonds. The van der Waals surface area contributed by atoms with Crippen molar-refractivity contribution in [1.29, 1.82) is 0 Å². The Morgan fingerprint density at radius 2 is 1.83 bits per heavy atom. The fourth-order valence-electron chi connectivity index (χ4n) is 2.07. The number of hydrogen-bond acceptors (Lipinski definition) is 3. The van der Waals surface area contributed by atoms with E-state index in [4.69, 9.17) is 0 Å². The maximum atomic E-state index is 11.9. The van der Waals surface area contributed by atoms with Crippen LogP contribution in [0.25, 0.3) is 0 Å². The van der Waals surface area contributed by atoms with Crippen LogP contribution in [-0.2, 0) is 10.2 Å². The lowest BCUT2D eigenvalue weighted by molar-refractivity contribution is 0.265. The third-order valence-corrected chi connectivity index (χ3v) is 4.80. The molecule has 0 aromatic heterocycles. The number of piperidine rings is 1. The fourth-order valence-corrected chi connectivity index (χ4v) is 3.51. The van der Waals surface area contributed by atoms with Crippen molar-refractivity contribution in [3.05, 3.63) is 0 Å². The van der Waals surface area contributed by atoms with Gasteiger partial charge in [0.15, 0.2) is 0 Å². The van der Waals surface area contributed by atoms with E-state index < -0.39 is 10.2 Å². The van der Waals surface area contributed by atoms with Crippen molar-refractivity contribution in [2.75, 3.05) is 26.2 Å². The van der Waals surface area contributed by atoms with Crippen molar-refractivity contribution >= 4 is 22.6 Å². The summed E-state index contributed by atoms with van der Waals surface area (Å²) in [5.74, 6) is 0.612. The summed E-state index contributed by atoms with van der Waals surface area (Å²) >= 11 is 0. The maximum absolute atomic E-state index is 11.9. The minimum atomic E-state index is -3.26. The zero-order chi connectivity index (χ0) is 12.9. The second kappa shape index (κ2) is 8.32. The highest BCUT2D eigenvalue weighted by atomic mass is 35.5. The van der Waals surface area contributed by atoms with Gasteiger partial charge in [0.2, 0.25) is 0 Å². The van der Waals surface area contributed by atoms with E-state index in [1.807, 2.05) is 13.8 Å². The van der Waals surface area contributed by atoms with Crippen LogP contribution in [0.4, 0.5) is 0 Å². The molecule has 0 atom stereocenters. The molecule has 2 N–H and O–H groups in total. The van der Waals surface area contributed by atoms with Gasteiger partial charge in [0, 0.05) is 19.1 Å². The van der Waals surface area contributed by atoms with E-state index in [2.05, 4.69) is 17.0 Å². The summed E-state index contributed by atoms with van der Waals surface area (Å²) in [5.41, 5.74) is 0. The second-order valence-corrected chi connectivity index (χ2v) is 6.63. The zero-order valence-corrected chi connectivity index (χ0v) is 13.1. The number of nitrogens with zero attached hydrogens (tertiary/aromatic N) is 1. The van der Waals surface area contributed by atoms with Crippen molar-refractivity contribution in [2.45, 2.75) is 39.7 Å². The molecule has 0 radical (unpaired) electrons. The second-order valence-electron chi connectivity index (χ2n) is 4.93. The van der Waals surface area contributed by atoms with Crippen LogP contribution in [0.1, 0.15) is 33.6 Å². The van der Waals surface area contributed by atoms with Crippen LogP contribution in [0.5, 0.6) is 0 Å². The van der Waals surface area contributed by atoms with Gasteiger partial charge in [-0.3, -0.25) is 0 Å². The van der Waals surface area contributed by atoms with E-state index in [1.54, 1.807) is 4.31 Å². The van der Waals surface area contributed by atoms with Crippen LogP contribution in [0.2, 0.25) is 0 Å². The van der Waals surface area contributed by atoms with Gasteiger partial charge < -0.3 is 5.32 Å². The van der Waals surface area contributed by atoms with Crippen molar-refractivity contribution in [3.63, 3.8) is 0 Å². The van der Waals surface area contributed by atoms with Crippen LogP contribution < -0.4 is 10.0 Å². The molecule has 0 spiro atoms. The Kier molecular flexibility index (Phi) is 8.38. The Labute approximate surface area is 117 Å². The predicted molar refractivity (Wildman–Crippen MR) is 77.3 cm³/mol. The van der Waals surface area contributed by atoms with Crippen LogP contribution in [0.15, 0.2) is 0 Å². The average Bonchev–Trinajstić information content (AvgIpc) is 2.25. The van der Waals surface area contributed by atoms with E-state index in [0.29, 0.717) is 19.0 Å². The standard InChI is InChI=1S/C11H25N3O2S.ClH/c1-4-12-9-11-5-7-14(8-6-11)17(15,16)13-10(2)3;/h10-13H,4-9H2,1-3H3;1H. The normalized spacial score (nSPS) is 18.9. The topological polar surface area (TPSA) is 61.4 Å². The molecule has 1 saturated heterocycles. The largest absolute Gasteiger partial charge is 0.317 e. The summed E-state index contributed by atoms with van der Waals surface area (Å²) in [4.78, 5) is 0. The average molecular weight is 300 g/mol. The molecular weight excluding hydrogens is 274 g/mol. The van der Waals surface area contributed by atoms with Gasteiger partial charge in [-0.25, -0.2) is 0 Å². The van der Waals surface area contributed by atoms with Gasteiger partial charge in [-0.2, -0.15) is 17.4 Å². The van der Waals surface area contributed by atoms with E-state index in [-0.39, 0.29) is 18.4 Å². The first kappa shape index (κ1) is 18.1. The third kappa shape index (κ3) is 5.84. The van der Waals surface area contributed by atoms with Crippen molar-refractivity contribution < 1.29 is 8.42 Å². The molecular formula is C11H26ClN3O2S. The minimum Gasteiger partial charge on any atom is -0.317 e. The van der Waals surface area contributed by atoms with E-state index in [0.717, 1.165) is 25.9 Å². The summed E-state index contributed by atoms with van der Waals surface area (Å²) in [7, 11) is -3.26. The fraction of sp³-hybridized carbons (Fsp3) is 1.00. The lowest BCUT2D eigenvalue weighted by Crippen LogP contribution is -2.47. The van der Waals surface area contributed by atoms with E-state index in [9.17, 15) is 8.42 Å². The Morgan fingerprint density at radius 1 is 1.28 bits per heavy atom. The summed E-state index contributed by atoms with van der Waals surface area (Å²) in [6.45, 7) is 9.03. The Bertz CT molecular complexity index is 314. The highest BCUT2D eigenvalue weighted by Crippen LogP contribution is 2.18. The lowest BCUT2D eigenvalue weighted by Gasteiger charge is -2.31. The van der Waals surface area contributed by atoms with Crippen molar-refractivity contribution in [1.82, 2.24) is 14.3 Å². The summed E-state index contributed by atoms with van der Waals surface area (Å²) in [6.07, 6.45) is 1.90. The van der Waals surface area contributed by atoms with Gasteiger partial charge in [-0.15, -0.1) is 12.4 Å². The molecule has 5 nitrogen and oxygen atoms in total. The van der Waals surface area contributed by atoms with Crippen LogP contribution in [0, 0.1) is 5.92 Å². The first-order valence-electron chi connectivity index (χ1n) is 6.43. The predicted octanol–water partition coefficient (Wildman–Crippen LogP) is 0.972. The number of halogens is 1. The SMILES string of the molecule is CCNCC1CCN(S(=O)(=O)NC(C)C)CC1.Cl. The Hall–Kier alpha value is 0.120. The molecule has 1 aliphatic rings. The molecule has 0 aliphatic carbocycles. The molecule has 0 bridgehead atoms. The summed E-state index contributed by atoms with van der Waals surface area (Å²) in [6, 6.07) is -0.0421. The van der Waals surface area contributed by atoms with Crippen LogP contribution in [-0.4, -0.2) is 44.9 Å². The molecule has 0 aromatic rings. The molecule has 1 heterocycles. The van der Waals surface area contributed by atoms with Gasteiger partial charge >= 0.3 is 0 Å². The van der Waals surface area contributed by atoms with Gasteiger partial charge in [-0.1, -0.05) is 6.92 Å². The van der Waals surface area contributed by atoms with Gasteiger partial charge in [-0.05, 0) is 45.7 Å². The van der Waals surface area contributed by atoms with Gasteiger partial charge in [0.1, 0.15) is 0 Å². The quantitative estimate of drug-likeness (QED) is 0.768. The molecule has 7 heteroatoms. The molecule has 18 heavy (non-hydrogen) atoms. The van der Waals surface area contributed by atoms with Crippen molar-refractivity contribution in [3.8, 4) is 0 Å². The third-order valence-electron chi connectivity index (χ3n) is 2.98. The summed E-state index contributed by atoms with van der Waals surface area (Å²) in [5, 5.41) is 3.32. The van der Waals surface area contributed by atoms with Crippen molar-refractivity contribution in [2.24, 2.45) is 5.92 Å². The first-order chi connectivity index (χ1) is 7.95. The lowest BCUT2D eigenvalue weighted by atomic mass is 9.98. The highest BCUT2D eigenvalue weighted by Gasteiger charge is 2.27. The zero-order valence-electron chi connectivity index (χ0n) is 11.5. The van der Waals surface area contributed by atoms with Crippen LogP contribution >= 0.6 is 12.4 Å². The number of hydrogen-bond donors (Lipinski definition) is 2. The molecule has 1 aliphatic heterocycles. The van der Waals surface area contributed by atoms with Crippen LogP contribution in [0.3, 0.4) is 0 Å². The monoisotopic (exact) mass is 299 g/mol. The van der Waals surface area contributed by atoms with E-state index in [1.165, 1.54) is 0 Å². The molecule has 0 aromatic carbocycles. The first-order valence-corrected chi connectivity index (χ1v) is 7.87. The van der Waals surface area contributed by atoms with Gasteiger partial charge in [0.05, 0.1) is 0 Å². The Balaban J connectivity index is 0.00000289. The smallest absolute Gasteiger partial charge is 0.279 e. The minimum absolute atomic E-state index is 0. The number of nitrogens with one attached hydrogen (secondary N) is 2. The molecule has 110 valence electrons. The molecule has 1 rings (SSSR count). The van der Waals surface area contributed by atoms with E-state index >= 15 is 0 Å². The number of rotatable bonds is 6. The molecule has 0 unspecified atom stereocenters. The van der Waals surface area contributed by atoms with Gasteiger partial charge in [0.25, 0.3) is 10.2 Å².